The molecule has 5 nitrogen and oxygen atoms in total. The van der Waals surface area contributed by atoms with Gasteiger partial charge in [0.05, 0.1) is 11.6 Å². The topological polar surface area (TPSA) is 73.4 Å². The van der Waals surface area contributed by atoms with Crippen molar-refractivity contribution in [3.8, 4) is 0 Å². The van der Waals surface area contributed by atoms with Crippen molar-refractivity contribution in [2.45, 2.75) is 65.0 Å². The van der Waals surface area contributed by atoms with Crippen molar-refractivity contribution >= 4 is 22.6 Å². The largest absolute Gasteiger partial charge is 0.503 e. The number of fused-ring (bicyclic) bond motifs is 1. The van der Waals surface area contributed by atoms with Crippen LogP contribution in [0, 0.1) is 5.41 Å². The van der Waals surface area contributed by atoms with Crippen LogP contribution in [0.25, 0.3) is 10.9 Å². The van der Waals surface area contributed by atoms with Crippen LogP contribution >= 0.6 is 0 Å². The van der Waals surface area contributed by atoms with E-state index in [2.05, 4.69) is 4.98 Å². The van der Waals surface area contributed by atoms with E-state index in [0.29, 0.717) is 0 Å². The molecule has 1 saturated carbocycles. The van der Waals surface area contributed by atoms with Crippen LogP contribution in [0.2, 0.25) is 0 Å². The molecule has 1 amide bonds. The van der Waals surface area contributed by atoms with Gasteiger partial charge in [0.1, 0.15) is 0 Å². The van der Waals surface area contributed by atoms with Crippen LogP contribution in [0.4, 0.5) is 0 Å². The molecule has 4 rings (SSSR count). The number of Topliss-reactive ketones (excluding diaryl/α,β-unsaturated/α-hetero) is 1. The number of aromatic nitrogens is 1. The number of nitrogens with one attached hydrogen (secondary N) is 1. The molecule has 0 bridgehead atoms. The summed E-state index contributed by atoms with van der Waals surface area (Å²) in [7, 11) is 0. The molecule has 0 radical (unpaired) electrons. The molecule has 1 aliphatic heterocycles. The number of benzene rings is 1. The van der Waals surface area contributed by atoms with Crippen LogP contribution in [0.15, 0.2) is 41.8 Å². The summed E-state index contributed by atoms with van der Waals surface area (Å²) in [6.45, 7) is 5.49. The number of carbonyl (C=O) groups is 2. The average Bonchev–Trinajstić information content (AvgIpc) is 3.20. The van der Waals surface area contributed by atoms with Gasteiger partial charge < -0.3 is 15.0 Å². The fourth-order valence-electron chi connectivity index (χ4n) is 4.62. The summed E-state index contributed by atoms with van der Waals surface area (Å²) in [5, 5.41) is 11.8. The molecule has 1 unspecified atom stereocenters. The average molecular weight is 380 g/mol. The highest BCUT2D eigenvalue weighted by Gasteiger charge is 2.48. The zero-order valence-electron chi connectivity index (χ0n) is 16.8. The molecular weight excluding hydrogens is 352 g/mol. The highest BCUT2D eigenvalue weighted by molar-refractivity contribution is 6.11. The molecule has 2 heterocycles. The molecule has 2 N–H and O–H groups in total. The van der Waals surface area contributed by atoms with Crippen molar-refractivity contribution in [1.82, 2.24) is 9.88 Å². The van der Waals surface area contributed by atoms with E-state index in [1.54, 1.807) is 4.90 Å². The van der Waals surface area contributed by atoms with E-state index < -0.39 is 17.4 Å². The van der Waals surface area contributed by atoms with Gasteiger partial charge in [0.2, 0.25) is 0 Å². The summed E-state index contributed by atoms with van der Waals surface area (Å²) in [6.07, 6.45) is 7.01. The molecule has 0 spiro atoms. The number of aliphatic hydroxyl groups is 1. The minimum absolute atomic E-state index is 0.0485. The van der Waals surface area contributed by atoms with E-state index in [0.717, 1.165) is 42.1 Å². The molecule has 1 atom stereocenters. The van der Waals surface area contributed by atoms with Crippen molar-refractivity contribution in [2.75, 3.05) is 0 Å². The first kappa shape index (κ1) is 18.8. The number of hydrogen-bond donors (Lipinski definition) is 2. The van der Waals surface area contributed by atoms with Gasteiger partial charge in [-0.2, -0.15) is 0 Å². The van der Waals surface area contributed by atoms with Crippen LogP contribution in [0.1, 0.15) is 64.5 Å². The number of H-pyrrole nitrogens is 1. The van der Waals surface area contributed by atoms with Crippen molar-refractivity contribution in [2.24, 2.45) is 5.41 Å². The van der Waals surface area contributed by atoms with Crippen molar-refractivity contribution < 1.29 is 14.7 Å². The first-order chi connectivity index (χ1) is 13.3. The zero-order valence-corrected chi connectivity index (χ0v) is 16.8. The quantitative estimate of drug-likeness (QED) is 0.802. The van der Waals surface area contributed by atoms with Crippen molar-refractivity contribution in [3.63, 3.8) is 0 Å². The maximum absolute atomic E-state index is 13.3. The van der Waals surface area contributed by atoms with Gasteiger partial charge >= 0.3 is 0 Å². The number of carbonyl (C=O) groups excluding carboxylic acids is 2. The van der Waals surface area contributed by atoms with Crippen LogP contribution in [0.3, 0.4) is 0 Å². The normalized spacial score (nSPS) is 21.8. The zero-order chi connectivity index (χ0) is 20.1. The SMILES string of the molecule is CC(C)(C)C(=O)C1=C(O)C(=O)N(C2CCCCC2)C1c1c[nH]c2ccccc12. The van der Waals surface area contributed by atoms with Crippen molar-refractivity contribution in [3.05, 3.63) is 47.4 Å². The van der Waals surface area contributed by atoms with E-state index in [1.807, 2.05) is 51.2 Å². The lowest BCUT2D eigenvalue weighted by Gasteiger charge is -2.37. The van der Waals surface area contributed by atoms with E-state index in [9.17, 15) is 14.7 Å². The van der Waals surface area contributed by atoms with Crippen molar-refractivity contribution in [1.29, 1.82) is 0 Å². The molecule has 1 aliphatic carbocycles. The fraction of sp³-hybridized carbons (Fsp3) is 0.478. The molecule has 2 aliphatic rings. The lowest BCUT2D eigenvalue weighted by molar-refractivity contribution is -0.132. The summed E-state index contributed by atoms with van der Waals surface area (Å²) in [4.78, 5) is 31.5. The number of ketones is 1. The van der Waals surface area contributed by atoms with E-state index >= 15 is 0 Å². The van der Waals surface area contributed by atoms with Crippen LogP contribution in [0.5, 0.6) is 0 Å². The van der Waals surface area contributed by atoms with Gasteiger partial charge in [-0.25, -0.2) is 0 Å². The summed E-state index contributed by atoms with van der Waals surface area (Å²) >= 11 is 0. The monoisotopic (exact) mass is 380 g/mol. The van der Waals surface area contributed by atoms with E-state index in [4.69, 9.17) is 0 Å². The Hall–Kier alpha value is -2.56. The Bertz CT molecular complexity index is 958. The second-order valence-corrected chi connectivity index (χ2v) is 9.04. The number of aliphatic hydroxyl groups excluding tert-OH is 1. The standard InChI is InChI=1S/C23H28N2O3/c1-23(2,3)21(27)18-19(16-13-24-17-12-8-7-11-15(16)17)25(22(28)20(18)26)14-9-5-4-6-10-14/h7-8,11-14,19,24,26H,4-6,9-10H2,1-3H3. The van der Waals surface area contributed by atoms with Crippen LogP contribution < -0.4 is 0 Å². The molecule has 0 saturated heterocycles. The third kappa shape index (κ3) is 2.93. The number of amides is 1. The number of aromatic amines is 1. The lowest BCUT2D eigenvalue weighted by atomic mass is 9.81. The summed E-state index contributed by atoms with van der Waals surface area (Å²) in [6, 6.07) is 7.39. The lowest BCUT2D eigenvalue weighted by Crippen LogP contribution is -2.41. The van der Waals surface area contributed by atoms with Gasteiger partial charge in [0.15, 0.2) is 11.5 Å². The Morgan fingerprint density at radius 3 is 2.50 bits per heavy atom. The molecule has 148 valence electrons. The smallest absolute Gasteiger partial charge is 0.290 e. The molecule has 1 fully saturated rings. The molecule has 5 heteroatoms. The molecular formula is C23H28N2O3. The number of hydrogen-bond acceptors (Lipinski definition) is 3. The maximum Gasteiger partial charge on any atom is 0.290 e. The number of rotatable bonds is 3. The Labute approximate surface area is 165 Å². The molecule has 1 aromatic carbocycles. The van der Waals surface area contributed by atoms with Gasteiger partial charge in [-0.3, -0.25) is 9.59 Å². The fourth-order valence-corrected chi connectivity index (χ4v) is 4.62. The van der Waals surface area contributed by atoms with E-state index in [-0.39, 0.29) is 23.2 Å². The molecule has 28 heavy (non-hydrogen) atoms. The summed E-state index contributed by atoms with van der Waals surface area (Å²) in [5.41, 5.74) is 1.40. The third-order valence-corrected chi connectivity index (χ3v) is 6.05. The summed E-state index contributed by atoms with van der Waals surface area (Å²) < 4.78 is 0. The predicted octanol–water partition coefficient (Wildman–Crippen LogP) is 4.81. The Balaban J connectivity index is 1.89. The minimum Gasteiger partial charge on any atom is -0.503 e. The summed E-state index contributed by atoms with van der Waals surface area (Å²) in [5.74, 6) is -0.956. The number of nitrogens with zero attached hydrogens (tertiary/aromatic N) is 1. The minimum atomic E-state index is -0.684. The first-order valence-corrected chi connectivity index (χ1v) is 10.2. The molecule has 1 aromatic heterocycles. The van der Waals surface area contributed by atoms with Crippen LogP contribution in [-0.4, -0.2) is 32.7 Å². The first-order valence-electron chi connectivity index (χ1n) is 10.2. The maximum atomic E-state index is 13.3. The van der Waals surface area contributed by atoms with Gasteiger partial charge in [-0.15, -0.1) is 0 Å². The number of para-hydroxylation sites is 1. The predicted molar refractivity (Wildman–Crippen MR) is 109 cm³/mol. The van der Waals surface area contributed by atoms with E-state index in [1.165, 1.54) is 6.42 Å². The van der Waals surface area contributed by atoms with Gasteiger partial charge in [0.25, 0.3) is 5.91 Å². The Kier molecular flexibility index (Phi) is 4.56. The second-order valence-electron chi connectivity index (χ2n) is 9.04. The Morgan fingerprint density at radius 2 is 1.82 bits per heavy atom. The highest BCUT2D eigenvalue weighted by atomic mass is 16.3. The third-order valence-electron chi connectivity index (χ3n) is 6.05. The van der Waals surface area contributed by atoms with Crippen LogP contribution in [-0.2, 0) is 9.59 Å². The van der Waals surface area contributed by atoms with Gasteiger partial charge in [0, 0.05) is 34.1 Å². The van der Waals surface area contributed by atoms with Gasteiger partial charge in [-0.1, -0.05) is 58.2 Å². The second kappa shape index (κ2) is 6.80. The Morgan fingerprint density at radius 1 is 1.14 bits per heavy atom. The molecule has 2 aromatic rings. The highest BCUT2D eigenvalue weighted by Crippen LogP contribution is 2.45. The van der Waals surface area contributed by atoms with Gasteiger partial charge in [-0.05, 0) is 18.9 Å².